The maximum absolute atomic E-state index is 11.8. The summed E-state index contributed by atoms with van der Waals surface area (Å²) < 4.78 is 5.74. The van der Waals surface area contributed by atoms with E-state index in [2.05, 4.69) is 26.5 Å². The molecule has 0 radical (unpaired) electrons. The SMILES string of the molecule is O=C(NO)c1ccc(C(=O)N/N=C/c2ccc(Br)o2)cc1. The number of rotatable bonds is 4. The predicted molar refractivity (Wildman–Crippen MR) is 77.2 cm³/mol. The highest BCUT2D eigenvalue weighted by atomic mass is 79.9. The lowest BCUT2D eigenvalue weighted by Crippen LogP contribution is -2.20. The number of carbonyl (C=O) groups is 2. The van der Waals surface area contributed by atoms with Gasteiger partial charge >= 0.3 is 0 Å². The van der Waals surface area contributed by atoms with Gasteiger partial charge in [0.1, 0.15) is 5.76 Å². The molecule has 0 aliphatic rings. The number of nitrogens with zero attached hydrogens (tertiary/aromatic N) is 1. The molecule has 0 aliphatic heterocycles. The predicted octanol–water partition coefficient (Wildman–Crippen LogP) is 1.93. The van der Waals surface area contributed by atoms with Crippen LogP contribution in [0.2, 0.25) is 0 Å². The van der Waals surface area contributed by atoms with Crippen LogP contribution in [0.1, 0.15) is 26.5 Å². The van der Waals surface area contributed by atoms with Crippen LogP contribution < -0.4 is 10.9 Å². The summed E-state index contributed by atoms with van der Waals surface area (Å²) in [5.74, 6) is -0.603. The third-order valence-electron chi connectivity index (χ3n) is 2.46. The van der Waals surface area contributed by atoms with Crippen molar-refractivity contribution in [2.75, 3.05) is 0 Å². The second kappa shape index (κ2) is 6.82. The fraction of sp³-hybridized carbons (Fsp3) is 0. The van der Waals surface area contributed by atoms with Crippen LogP contribution >= 0.6 is 15.9 Å². The number of hydrogen-bond donors (Lipinski definition) is 3. The summed E-state index contributed by atoms with van der Waals surface area (Å²) >= 11 is 3.15. The van der Waals surface area contributed by atoms with Gasteiger partial charge in [-0.05, 0) is 52.3 Å². The van der Waals surface area contributed by atoms with Gasteiger partial charge in [0.2, 0.25) is 0 Å². The molecule has 2 aromatic rings. The molecule has 0 fully saturated rings. The number of hydroxylamine groups is 1. The number of halogens is 1. The summed E-state index contributed by atoms with van der Waals surface area (Å²) in [6.07, 6.45) is 1.36. The molecule has 108 valence electrons. The number of furan rings is 1. The van der Waals surface area contributed by atoms with Crippen molar-refractivity contribution in [3.63, 3.8) is 0 Å². The monoisotopic (exact) mass is 351 g/mol. The molecule has 3 N–H and O–H groups in total. The molecule has 2 rings (SSSR count). The Morgan fingerprint density at radius 1 is 1.10 bits per heavy atom. The van der Waals surface area contributed by atoms with Crippen molar-refractivity contribution in [3.05, 3.63) is 58.0 Å². The van der Waals surface area contributed by atoms with Gasteiger partial charge in [-0.15, -0.1) is 0 Å². The van der Waals surface area contributed by atoms with Crippen LogP contribution in [0, 0.1) is 0 Å². The van der Waals surface area contributed by atoms with Gasteiger partial charge in [0.25, 0.3) is 11.8 Å². The molecule has 0 spiro atoms. The zero-order valence-electron chi connectivity index (χ0n) is 10.5. The normalized spacial score (nSPS) is 10.6. The number of carbonyl (C=O) groups excluding carboxylic acids is 2. The zero-order valence-corrected chi connectivity index (χ0v) is 12.1. The lowest BCUT2D eigenvalue weighted by Gasteiger charge is -2.01. The van der Waals surface area contributed by atoms with E-state index in [1.54, 1.807) is 12.1 Å². The van der Waals surface area contributed by atoms with Crippen molar-refractivity contribution >= 4 is 34.0 Å². The van der Waals surface area contributed by atoms with Crippen LogP contribution in [-0.2, 0) is 0 Å². The molecule has 0 bridgehead atoms. The number of benzene rings is 1. The first kappa shape index (κ1) is 14.9. The second-order valence-corrected chi connectivity index (χ2v) is 4.64. The molecule has 1 aromatic carbocycles. The second-order valence-electron chi connectivity index (χ2n) is 3.86. The average Bonchev–Trinajstić information content (AvgIpc) is 2.92. The van der Waals surface area contributed by atoms with Gasteiger partial charge in [-0.2, -0.15) is 5.10 Å². The summed E-state index contributed by atoms with van der Waals surface area (Å²) in [6, 6.07) is 9.09. The number of nitrogens with one attached hydrogen (secondary N) is 2. The van der Waals surface area contributed by atoms with Gasteiger partial charge in [-0.1, -0.05) is 0 Å². The van der Waals surface area contributed by atoms with E-state index in [0.29, 0.717) is 16.0 Å². The van der Waals surface area contributed by atoms with Gasteiger partial charge in [-0.25, -0.2) is 10.9 Å². The fourth-order valence-corrected chi connectivity index (χ4v) is 1.77. The minimum Gasteiger partial charge on any atom is -0.448 e. The van der Waals surface area contributed by atoms with Crippen molar-refractivity contribution < 1.29 is 19.2 Å². The molecule has 7 nitrogen and oxygen atoms in total. The first-order valence-corrected chi connectivity index (χ1v) is 6.52. The van der Waals surface area contributed by atoms with Gasteiger partial charge in [0, 0.05) is 11.1 Å². The molecule has 0 saturated carbocycles. The van der Waals surface area contributed by atoms with Crippen LogP contribution in [0.25, 0.3) is 0 Å². The Morgan fingerprint density at radius 2 is 1.71 bits per heavy atom. The first-order valence-electron chi connectivity index (χ1n) is 5.73. The molecule has 1 aromatic heterocycles. The molecular formula is C13H10BrN3O4. The summed E-state index contributed by atoms with van der Waals surface area (Å²) in [4.78, 5) is 22.9. The van der Waals surface area contributed by atoms with Crippen LogP contribution in [0.15, 0.2) is 50.6 Å². The lowest BCUT2D eigenvalue weighted by atomic mass is 10.1. The summed E-state index contributed by atoms with van der Waals surface area (Å²) in [6.45, 7) is 0. The standard InChI is InChI=1S/C13H10BrN3O4/c14-11-6-5-10(21-11)7-15-16-12(18)8-1-3-9(4-2-8)13(19)17-20/h1-7,20H,(H,16,18)(H,17,19)/b15-7+. The maximum Gasteiger partial charge on any atom is 0.274 e. The molecular weight excluding hydrogens is 342 g/mol. The minimum atomic E-state index is -0.650. The van der Waals surface area contributed by atoms with Crippen LogP contribution in [0.4, 0.5) is 0 Å². The maximum atomic E-state index is 11.8. The molecule has 0 saturated heterocycles. The van der Waals surface area contributed by atoms with Crippen LogP contribution in [-0.4, -0.2) is 23.2 Å². The Kier molecular flexibility index (Phi) is 4.85. The highest BCUT2D eigenvalue weighted by molar-refractivity contribution is 9.10. The van der Waals surface area contributed by atoms with Crippen molar-refractivity contribution in [3.8, 4) is 0 Å². The Bertz CT molecular complexity index is 679. The van der Waals surface area contributed by atoms with E-state index >= 15 is 0 Å². The van der Waals surface area contributed by atoms with Gasteiger partial charge in [-0.3, -0.25) is 14.8 Å². The molecule has 0 unspecified atom stereocenters. The molecule has 0 atom stereocenters. The Morgan fingerprint density at radius 3 is 2.24 bits per heavy atom. The molecule has 8 heteroatoms. The van der Waals surface area contributed by atoms with Crippen molar-refractivity contribution in [2.45, 2.75) is 0 Å². The topological polar surface area (TPSA) is 104 Å². The van der Waals surface area contributed by atoms with Gasteiger partial charge in [0.05, 0.1) is 6.21 Å². The molecule has 21 heavy (non-hydrogen) atoms. The van der Waals surface area contributed by atoms with E-state index < -0.39 is 11.8 Å². The number of amides is 2. The highest BCUT2D eigenvalue weighted by Gasteiger charge is 2.07. The van der Waals surface area contributed by atoms with E-state index in [1.807, 2.05) is 0 Å². The van der Waals surface area contributed by atoms with E-state index in [9.17, 15) is 9.59 Å². The molecule has 2 amide bonds. The molecule has 0 aliphatic carbocycles. The van der Waals surface area contributed by atoms with Crippen molar-refractivity contribution in [2.24, 2.45) is 5.10 Å². The lowest BCUT2D eigenvalue weighted by molar-refractivity contribution is 0.0706. The number of hydrazone groups is 1. The van der Waals surface area contributed by atoms with Gasteiger partial charge in [0.15, 0.2) is 4.67 Å². The van der Waals surface area contributed by atoms with E-state index in [-0.39, 0.29) is 5.56 Å². The Hall–Kier alpha value is -2.45. The molecule has 1 heterocycles. The third-order valence-corrected chi connectivity index (χ3v) is 2.89. The van der Waals surface area contributed by atoms with Crippen LogP contribution in [0.5, 0.6) is 0 Å². The Balaban J connectivity index is 1.97. The van der Waals surface area contributed by atoms with Gasteiger partial charge < -0.3 is 4.42 Å². The summed E-state index contributed by atoms with van der Waals surface area (Å²) in [5.41, 5.74) is 4.39. The highest BCUT2D eigenvalue weighted by Crippen LogP contribution is 2.12. The van der Waals surface area contributed by atoms with E-state index in [1.165, 1.54) is 36.0 Å². The summed E-state index contributed by atoms with van der Waals surface area (Å²) in [7, 11) is 0. The summed E-state index contributed by atoms with van der Waals surface area (Å²) in [5, 5.41) is 12.2. The van der Waals surface area contributed by atoms with Crippen LogP contribution in [0.3, 0.4) is 0 Å². The first-order chi connectivity index (χ1) is 10.1. The zero-order chi connectivity index (χ0) is 15.2. The average molecular weight is 352 g/mol. The quantitative estimate of drug-likeness (QED) is 0.444. The van der Waals surface area contributed by atoms with E-state index in [4.69, 9.17) is 9.62 Å². The van der Waals surface area contributed by atoms with Crippen molar-refractivity contribution in [1.29, 1.82) is 0 Å². The largest absolute Gasteiger partial charge is 0.448 e. The number of hydrogen-bond acceptors (Lipinski definition) is 5. The Labute approximate surface area is 127 Å². The fourth-order valence-electron chi connectivity index (χ4n) is 1.45. The minimum absolute atomic E-state index is 0.234. The van der Waals surface area contributed by atoms with E-state index in [0.717, 1.165) is 0 Å². The smallest absolute Gasteiger partial charge is 0.274 e. The van der Waals surface area contributed by atoms with Crippen molar-refractivity contribution in [1.82, 2.24) is 10.9 Å². The third kappa shape index (κ3) is 4.01.